The summed E-state index contributed by atoms with van der Waals surface area (Å²) < 4.78 is 23.1. The summed E-state index contributed by atoms with van der Waals surface area (Å²) in [5, 5.41) is 10.1. The van der Waals surface area contributed by atoms with Gasteiger partial charge in [-0.05, 0) is 66.5 Å². The summed E-state index contributed by atoms with van der Waals surface area (Å²) in [4.78, 5) is 76.5. The number of pyridine rings is 1. The molecular weight excluding hydrogens is 652 g/mol. The fraction of sp³-hybridized carbons (Fsp3) is 0.576. The molecule has 3 aromatic heterocycles. The number of aromatic nitrogens is 5. The molecule has 1 saturated heterocycles. The van der Waals surface area contributed by atoms with Gasteiger partial charge in [-0.25, -0.2) is 23.5 Å². The van der Waals surface area contributed by atoms with Crippen molar-refractivity contribution in [2.24, 2.45) is 0 Å². The highest BCUT2D eigenvalue weighted by atomic mass is 16.6. The van der Waals surface area contributed by atoms with Crippen molar-refractivity contribution in [2.45, 2.75) is 97.1 Å². The van der Waals surface area contributed by atoms with E-state index in [1.165, 1.54) is 12.3 Å². The number of amides is 2. The van der Waals surface area contributed by atoms with Gasteiger partial charge in [0.25, 0.3) is 11.5 Å². The van der Waals surface area contributed by atoms with E-state index in [9.17, 15) is 24.0 Å². The van der Waals surface area contributed by atoms with Crippen LogP contribution in [-0.4, -0.2) is 96.8 Å². The maximum atomic E-state index is 13.9. The van der Waals surface area contributed by atoms with Gasteiger partial charge in [0.05, 0.1) is 19.3 Å². The lowest BCUT2D eigenvalue weighted by molar-refractivity contribution is 0.0299. The summed E-state index contributed by atoms with van der Waals surface area (Å²) in [7, 11) is 0. The van der Waals surface area contributed by atoms with Crippen molar-refractivity contribution in [3.63, 3.8) is 0 Å². The summed E-state index contributed by atoms with van der Waals surface area (Å²) in [5.74, 6) is -0.266. The number of alkyl carbamates (subject to hydrolysis) is 1. The van der Waals surface area contributed by atoms with E-state index in [0.29, 0.717) is 49.3 Å². The second-order valence-corrected chi connectivity index (χ2v) is 14.2. The average Bonchev–Trinajstić information content (AvgIpc) is 3.52. The van der Waals surface area contributed by atoms with Crippen LogP contribution < -0.4 is 21.9 Å². The Kier molecular flexibility index (Phi) is 10.7. The molecule has 270 valence electrons. The fourth-order valence-corrected chi connectivity index (χ4v) is 5.60. The first kappa shape index (κ1) is 36.2. The Morgan fingerprint density at radius 1 is 0.980 bits per heavy atom. The monoisotopic (exact) mass is 696 g/mol. The van der Waals surface area contributed by atoms with Crippen LogP contribution in [0.4, 0.5) is 15.3 Å². The van der Waals surface area contributed by atoms with Gasteiger partial charge in [0, 0.05) is 37.1 Å². The maximum absolute atomic E-state index is 13.9. The summed E-state index contributed by atoms with van der Waals surface area (Å²) in [6.07, 6.45) is 3.87. The van der Waals surface area contributed by atoms with Gasteiger partial charge in [0.15, 0.2) is 0 Å². The number of ether oxygens (including phenoxy) is 3. The molecule has 1 aliphatic heterocycles. The quantitative estimate of drug-likeness (QED) is 0.365. The third-order valence-corrected chi connectivity index (χ3v) is 7.87. The number of nitrogens with zero attached hydrogens (tertiary/aromatic N) is 6. The molecule has 17 nitrogen and oxygen atoms in total. The van der Waals surface area contributed by atoms with Crippen LogP contribution in [0.2, 0.25) is 0 Å². The Balaban J connectivity index is 1.44. The third kappa shape index (κ3) is 9.13. The minimum atomic E-state index is -0.994. The van der Waals surface area contributed by atoms with E-state index >= 15 is 0 Å². The van der Waals surface area contributed by atoms with Crippen molar-refractivity contribution in [2.75, 3.05) is 31.6 Å². The number of carbonyl (C=O) groups is 3. The largest absolute Gasteiger partial charge is 0.444 e. The lowest BCUT2D eigenvalue weighted by Gasteiger charge is -2.34. The molecule has 0 aromatic carbocycles. The molecule has 1 saturated carbocycles. The van der Waals surface area contributed by atoms with Gasteiger partial charge in [-0.3, -0.25) is 14.6 Å². The highest BCUT2D eigenvalue weighted by Crippen LogP contribution is 2.23. The summed E-state index contributed by atoms with van der Waals surface area (Å²) in [6.45, 7) is 11.5. The predicted molar refractivity (Wildman–Crippen MR) is 179 cm³/mol. The van der Waals surface area contributed by atoms with Crippen LogP contribution in [-0.2, 0) is 20.8 Å². The molecule has 2 aliphatic rings. The second-order valence-electron chi connectivity index (χ2n) is 14.2. The Morgan fingerprint density at radius 3 is 2.34 bits per heavy atom. The Morgan fingerprint density at radius 2 is 1.66 bits per heavy atom. The van der Waals surface area contributed by atoms with Crippen molar-refractivity contribution in [3.8, 4) is 11.4 Å². The highest BCUT2D eigenvalue weighted by molar-refractivity contribution is 5.93. The first-order chi connectivity index (χ1) is 23.6. The molecule has 1 aliphatic carbocycles. The Hall–Kier alpha value is -5.06. The summed E-state index contributed by atoms with van der Waals surface area (Å²) in [5.41, 5.74) is -2.83. The smallest absolute Gasteiger partial charge is 0.422 e. The van der Waals surface area contributed by atoms with Crippen molar-refractivity contribution in [3.05, 3.63) is 56.9 Å². The molecule has 0 bridgehead atoms. The number of carbonyl (C=O) groups excluding carboxylic acids is 3. The first-order valence-electron chi connectivity index (χ1n) is 16.6. The van der Waals surface area contributed by atoms with Crippen molar-refractivity contribution >= 4 is 23.8 Å². The van der Waals surface area contributed by atoms with Crippen LogP contribution in [0.25, 0.3) is 11.4 Å². The lowest BCUT2D eigenvalue weighted by Crippen LogP contribution is -2.51. The molecule has 0 radical (unpaired) electrons. The molecule has 3 aromatic rings. The maximum Gasteiger partial charge on any atom is 0.422 e. The Labute approximate surface area is 288 Å². The molecule has 2 N–H and O–H groups in total. The van der Waals surface area contributed by atoms with E-state index in [0.717, 1.165) is 23.6 Å². The number of hydrogen-bond acceptors (Lipinski definition) is 13. The van der Waals surface area contributed by atoms with Gasteiger partial charge >= 0.3 is 17.9 Å². The lowest BCUT2D eigenvalue weighted by atomic mass is 9.90. The van der Waals surface area contributed by atoms with Gasteiger partial charge in [0.1, 0.15) is 29.1 Å². The van der Waals surface area contributed by atoms with E-state index in [1.807, 2.05) is 0 Å². The number of nitrogens with one attached hydrogen (secondary N) is 2. The molecule has 50 heavy (non-hydrogen) atoms. The number of rotatable bonds is 7. The Bertz CT molecular complexity index is 1830. The minimum absolute atomic E-state index is 0.0708. The normalized spacial score (nSPS) is 18.3. The van der Waals surface area contributed by atoms with E-state index < -0.39 is 53.3 Å². The number of morpholine rings is 1. The van der Waals surface area contributed by atoms with E-state index in [-0.39, 0.29) is 29.0 Å². The molecule has 2 amide bonds. The minimum Gasteiger partial charge on any atom is -0.444 e. The van der Waals surface area contributed by atoms with Crippen LogP contribution in [0.15, 0.2) is 38.6 Å². The van der Waals surface area contributed by atoms with E-state index in [2.05, 4.69) is 25.8 Å². The molecule has 17 heteroatoms. The fourth-order valence-electron chi connectivity index (χ4n) is 5.60. The summed E-state index contributed by atoms with van der Waals surface area (Å²) >= 11 is 0. The van der Waals surface area contributed by atoms with Crippen LogP contribution in [0.3, 0.4) is 0 Å². The zero-order valence-electron chi connectivity index (χ0n) is 29.2. The van der Waals surface area contributed by atoms with Crippen LogP contribution >= 0.6 is 0 Å². The predicted octanol–water partition coefficient (Wildman–Crippen LogP) is 3.01. The molecule has 0 unspecified atom stereocenters. The van der Waals surface area contributed by atoms with Gasteiger partial charge in [-0.15, -0.1) is 0 Å². The topological polar surface area (TPSA) is 202 Å². The average molecular weight is 697 g/mol. The zero-order chi connectivity index (χ0) is 36.2. The highest BCUT2D eigenvalue weighted by Gasteiger charge is 2.31. The van der Waals surface area contributed by atoms with Crippen LogP contribution in [0.1, 0.15) is 83.6 Å². The van der Waals surface area contributed by atoms with Gasteiger partial charge in [0.2, 0.25) is 11.7 Å². The van der Waals surface area contributed by atoms with Gasteiger partial charge in [-0.2, -0.15) is 4.98 Å². The van der Waals surface area contributed by atoms with Crippen molar-refractivity contribution < 1.29 is 33.1 Å². The molecular formula is C33H44N8O9. The van der Waals surface area contributed by atoms with Crippen molar-refractivity contribution in [1.82, 2.24) is 34.5 Å². The van der Waals surface area contributed by atoms with E-state index in [4.69, 9.17) is 18.7 Å². The standard InChI is InChI=1S/C33H44N8O9/c1-32(2,3)48-29(44)36-22-10-8-7-9-21(22)35-24-18-41(31(46)49-33(4,5)6)30(45)40(28(24)43)19-25-37-26(38-50-25)20-11-12-34-23(17-20)27(42)39-13-15-47-16-14-39/h11-12,17-18,21-22,35H,7-10,13-16,19H2,1-6H3,(H,36,44)/t21-,22+/m1/s1. The second kappa shape index (κ2) is 14.8. The molecule has 0 spiro atoms. The van der Waals surface area contributed by atoms with Crippen molar-refractivity contribution in [1.29, 1.82) is 0 Å². The first-order valence-corrected chi connectivity index (χ1v) is 16.6. The van der Waals surface area contributed by atoms with E-state index in [1.54, 1.807) is 52.5 Å². The molecule has 5 rings (SSSR count). The third-order valence-electron chi connectivity index (χ3n) is 7.87. The van der Waals surface area contributed by atoms with Gasteiger partial charge < -0.3 is 34.3 Å². The van der Waals surface area contributed by atoms with Crippen LogP contribution in [0, 0.1) is 0 Å². The molecule has 4 heterocycles. The molecule has 2 atom stereocenters. The number of anilines is 1. The molecule has 2 fully saturated rings. The zero-order valence-corrected chi connectivity index (χ0v) is 29.2. The van der Waals surface area contributed by atoms with Gasteiger partial charge in [-0.1, -0.05) is 18.0 Å². The SMILES string of the molecule is CC(C)(C)OC(=O)N[C@H]1CCCC[C@H]1Nc1cn(C(=O)OC(C)(C)C)c(=O)n(Cc2nc(-c3ccnc(C(=O)N4CCOCC4)c3)no2)c1=O. The van der Waals surface area contributed by atoms with Crippen LogP contribution in [0.5, 0.6) is 0 Å². The summed E-state index contributed by atoms with van der Waals surface area (Å²) in [6, 6.07) is 2.32. The number of hydrogen-bond donors (Lipinski definition) is 2.